The summed E-state index contributed by atoms with van der Waals surface area (Å²) < 4.78 is 57.4. The van der Waals surface area contributed by atoms with Crippen molar-refractivity contribution < 1.29 is 32.2 Å². The Hall–Kier alpha value is -1.58. The van der Waals surface area contributed by atoms with Crippen molar-refractivity contribution in [1.82, 2.24) is 10.6 Å². The summed E-state index contributed by atoms with van der Waals surface area (Å²) in [6.45, 7) is 0.537. The summed E-state index contributed by atoms with van der Waals surface area (Å²) >= 11 is 0. The molecule has 25 heavy (non-hydrogen) atoms. The molecule has 0 bridgehead atoms. The molecule has 1 aromatic rings. The zero-order chi connectivity index (χ0) is 17.7. The summed E-state index contributed by atoms with van der Waals surface area (Å²) in [7, 11) is 0. The van der Waals surface area contributed by atoms with E-state index in [4.69, 9.17) is 0 Å². The fourth-order valence-electron chi connectivity index (χ4n) is 2.35. The van der Waals surface area contributed by atoms with Crippen LogP contribution in [0.5, 0.6) is 5.75 Å². The van der Waals surface area contributed by atoms with Gasteiger partial charge < -0.3 is 20.5 Å². The summed E-state index contributed by atoms with van der Waals surface area (Å²) in [5, 5.41) is 15.3. The van der Waals surface area contributed by atoms with E-state index in [-0.39, 0.29) is 36.8 Å². The number of carbonyl (C=O) groups excluding carboxylic acids is 1. The standard InChI is InChI=1S/C15H18F4N2O3.ClH/c16-10-4-11(17)13(19)14(12(10)18)24-7-9(22)6-21-15(23)8-2-1-3-20-5-8;/h4,8-9,20,22H,1-3,5-7H2,(H,21,23);1H/t8-,9?;/m0./s1. The molecular formula is C15H19ClF4N2O3. The Morgan fingerprint density at radius 3 is 2.52 bits per heavy atom. The van der Waals surface area contributed by atoms with Crippen molar-refractivity contribution in [2.45, 2.75) is 18.9 Å². The number of nitrogens with one attached hydrogen (secondary N) is 2. The van der Waals surface area contributed by atoms with Gasteiger partial charge in [-0.2, -0.15) is 8.78 Å². The Bertz CT molecular complexity index is 574. The highest BCUT2D eigenvalue weighted by Crippen LogP contribution is 2.26. The molecule has 1 aliphatic heterocycles. The fraction of sp³-hybridized carbons (Fsp3) is 0.533. The van der Waals surface area contributed by atoms with Gasteiger partial charge in [-0.25, -0.2) is 8.78 Å². The third-order valence-corrected chi connectivity index (χ3v) is 3.67. The van der Waals surface area contributed by atoms with Crippen LogP contribution in [0.2, 0.25) is 0 Å². The van der Waals surface area contributed by atoms with E-state index in [0.29, 0.717) is 6.54 Å². The van der Waals surface area contributed by atoms with Gasteiger partial charge in [-0.3, -0.25) is 4.79 Å². The number of aliphatic hydroxyl groups is 1. The molecule has 5 nitrogen and oxygen atoms in total. The minimum atomic E-state index is -1.68. The molecule has 1 aromatic carbocycles. The van der Waals surface area contributed by atoms with E-state index >= 15 is 0 Å². The van der Waals surface area contributed by atoms with E-state index in [0.717, 1.165) is 19.4 Å². The molecule has 0 saturated carbocycles. The second kappa shape index (κ2) is 9.79. The highest BCUT2D eigenvalue weighted by Gasteiger charge is 2.23. The number of ether oxygens (including phenoxy) is 1. The summed E-state index contributed by atoms with van der Waals surface area (Å²) in [6.07, 6.45) is 0.299. The number of carbonyl (C=O) groups is 1. The average Bonchev–Trinajstić information content (AvgIpc) is 2.58. The van der Waals surface area contributed by atoms with Crippen LogP contribution < -0.4 is 15.4 Å². The Labute approximate surface area is 148 Å². The maximum absolute atomic E-state index is 13.4. The number of hydrogen-bond donors (Lipinski definition) is 3. The number of amides is 1. The molecule has 2 atom stereocenters. The van der Waals surface area contributed by atoms with Gasteiger partial charge in [-0.1, -0.05) is 0 Å². The lowest BCUT2D eigenvalue weighted by molar-refractivity contribution is -0.126. The second-order valence-corrected chi connectivity index (χ2v) is 5.55. The van der Waals surface area contributed by atoms with E-state index in [1.807, 2.05) is 0 Å². The van der Waals surface area contributed by atoms with Gasteiger partial charge in [0.2, 0.25) is 17.5 Å². The van der Waals surface area contributed by atoms with E-state index in [9.17, 15) is 27.5 Å². The third kappa shape index (κ3) is 5.72. The summed E-state index contributed by atoms with van der Waals surface area (Å²) in [5.74, 6) is -8.27. The van der Waals surface area contributed by atoms with Crippen molar-refractivity contribution in [2.24, 2.45) is 5.92 Å². The van der Waals surface area contributed by atoms with Gasteiger partial charge in [0.15, 0.2) is 17.4 Å². The zero-order valence-corrected chi connectivity index (χ0v) is 14.0. The molecule has 1 aliphatic rings. The van der Waals surface area contributed by atoms with Crippen molar-refractivity contribution in [3.63, 3.8) is 0 Å². The van der Waals surface area contributed by atoms with E-state index in [1.165, 1.54) is 0 Å². The first-order valence-electron chi connectivity index (χ1n) is 7.52. The van der Waals surface area contributed by atoms with Crippen molar-refractivity contribution in [2.75, 3.05) is 26.2 Å². The molecule has 1 heterocycles. The number of aliphatic hydroxyl groups excluding tert-OH is 1. The quantitative estimate of drug-likeness (QED) is 0.512. The van der Waals surface area contributed by atoms with Crippen molar-refractivity contribution >= 4 is 18.3 Å². The van der Waals surface area contributed by atoms with Gasteiger partial charge in [0, 0.05) is 19.2 Å². The van der Waals surface area contributed by atoms with E-state index in [1.54, 1.807) is 0 Å². The molecule has 10 heteroatoms. The molecule has 0 aromatic heterocycles. The number of piperidine rings is 1. The largest absolute Gasteiger partial charge is 0.485 e. The van der Waals surface area contributed by atoms with Gasteiger partial charge in [0.05, 0.1) is 5.92 Å². The van der Waals surface area contributed by atoms with Crippen LogP contribution in [-0.4, -0.2) is 43.4 Å². The first kappa shape index (κ1) is 21.5. The number of rotatable bonds is 6. The molecule has 142 valence electrons. The Morgan fingerprint density at radius 2 is 1.96 bits per heavy atom. The number of halogens is 5. The van der Waals surface area contributed by atoms with Crippen LogP contribution in [0, 0.1) is 29.2 Å². The molecule has 3 N–H and O–H groups in total. The average molecular weight is 387 g/mol. The molecule has 1 fully saturated rings. The summed E-state index contributed by atoms with van der Waals surface area (Å²) in [4.78, 5) is 11.9. The first-order chi connectivity index (χ1) is 11.4. The highest BCUT2D eigenvalue weighted by molar-refractivity contribution is 5.85. The van der Waals surface area contributed by atoms with Gasteiger partial charge in [-0.15, -0.1) is 12.4 Å². The monoisotopic (exact) mass is 386 g/mol. The van der Waals surface area contributed by atoms with Crippen LogP contribution in [0.3, 0.4) is 0 Å². The predicted molar refractivity (Wildman–Crippen MR) is 83.6 cm³/mol. The smallest absolute Gasteiger partial charge is 0.224 e. The number of benzene rings is 1. The molecule has 1 amide bonds. The zero-order valence-electron chi connectivity index (χ0n) is 13.2. The Morgan fingerprint density at radius 1 is 1.32 bits per heavy atom. The van der Waals surface area contributed by atoms with Crippen LogP contribution in [0.25, 0.3) is 0 Å². The molecule has 0 aliphatic carbocycles. The van der Waals surface area contributed by atoms with Crippen LogP contribution in [0.4, 0.5) is 17.6 Å². The maximum atomic E-state index is 13.4. The highest BCUT2D eigenvalue weighted by atomic mass is 35.5. The predicted octanol–water partition coefficient (Wildman–Crippen LogP) is 1.52. The van der Waals surface area contributed by atoms with Gasteiger partial charge in [0.25, 0.3) is 0 Å². The molecule has 0 spiro atoms. The van der Waals surface area contributed by atoms with Crippen LogP contribution in [0.1, 0.15) is 12.8 Å². The minimum Gasteiger partial charge on any atom is -0.485 e. The maximum Gasteiger partial charge on any atom is 0.224 e. The molecule has 1 unspecified atom stereocenters. The van der Waals surface area contributed by atoms with Crippen molar-refractivity contribution in [3.8, 4) is 5.75 Å². The molecule has 2 rings (SSSR count). The Kier molecular flexibility index (Phi) is 8.40. The number of hydrogen-bond acceptors (Lipinski definition) is 4. The lowest BCUT2D eigenvalue weighted by Crippen LogP contribution is -2.43. The lowest BCUT2D eigenvalue weighted by Gasteiger charge is -2.22. The Balaban J connectivity index is 0.00000312. The molecule has 0 radical (unpaired) electrons. The normalized spacial score (nSPS) is 18.2. The van der Waals surface area contributed by atoms with Gasteiger partial charge in [-0.05, 0) is 19.4 Å². The lowest BCUT2D eigenvalue weighted by atomic mass is 9.99. The molecule has 1 saturated heterocycles. The summed E-state index contributed by atoms with van der Waals surface area (Å²) in [5.41, 5.74) is 0. The fourth-order valence-corrected chi connectivity index (χ4v) is 2.35. The van der Waals surface area contributed by atoms with Gasteiger partial charge in [0.1, 0.15) is 12.7 Å². The first-order valence-corrected chi connectivity index (χ1v) is 7.52. The molecular weight excluding hydrogens is 368 g/mol. The summed E-state index contributed by atoms with van der Waals surface area (Å²) in [6, 6.07) is 0.0619. The van der Waals surface area contributed by atoms with Crippen LogP contribution >= 0.6 is 12.4 Å². The topological polar surface area (TPSA) is 70.6 Å². The third-order valence-electron chi connectivity index (χ3n) is 3.67. The van der Waals surface area contributed by atoms with E-state index in [2.05, 4.69) is 15.4 Å². The van der Waals surface area contributed by atoms with Crippen molar-refractivity contribution in [1.29, 1.82) is 0 Å². The van der Waals surface area contributed by atoms with Crippen LogP contribution in [-0.2, 0) is 4.79 Å². The van der Waals surface area contributed by atoms with Gasteiger partial charge >= 0.3 is 0 Å². The van der Waals surface area contributed by atoms with Crippen LogP contribution in [0.15, 0.2) is 6.07 Å². The van der Waals surface area contributed by atoms with E-state index < -0.39 is 41.7 Å². The second-order valence-electron chi connectivity index (χ2n) is 5.55. The van der Waals surface area contributed by atoms with Crippen molar-refractivity contribution in [3.05, 3.63) is 29.3 Å². The minimum absolute atomic E-state index is 0. The SMILES string of the molecule is Cl.O=C(NCC(O)COc1c(F)c(F)cc(F)c1F)[C@H]1CCCNC1.